The molecule has 0 aliphatic carbocycles. The van der Waals surface area contributed by atoms with E-state index in [1.807, 2.05) is 19.1 Å². The molecule has 0 saturated heterocycles. The summed E-state index contributed by atoms with van der Waals surface area (Å²) < 4.78 is 23.6. The third-order valence-corrected chi connectivity index (χ3v) is 5.54. The largest absolute Gasteiger partial charge is 0.510 e. The molecule has 0 heterocycles. The number of aliphatic hydroxyl groups is 1. The van der Waals surface area contributed by atoms with Crippen molar-refractivity contribution in [3.05, 3.63) is 65.6 Å². The monoisotopic (exact) mass is 387 g/mol. The van der Waals surface area contributed by atoms with Crippen LogP contribution in [0, 0.1) is 6.92 Å². The minimum atomic E-state index is -3.30. The maximum atomic E-state index is 12.4. The summed E-state index contributed by atoms with van der Waals surface area (Å²) in [6.07, 6.45) is 0. The molecule has 0 aromatic heterocycles. The molecular formula is C19H21N3O4S. The first-order chi connectivity index (χ1) is 12.7. The fraction of sp³-hybridized carbons (Fsp3) is 0.211. The average Bonchev–Trinajstić information content (AvgIpc) is 2.64. The number of nitrogens with zero attached hydrogens (tertiary/aromatic N) is 2. The fourth-order valence-corrected chi connectivity index (χ4v) is 3.06. The molecule has 0 spiro atoms. The van der Waals surface area contributed by atoms with Crippen molar-refractivity contribution in [1.82, 2.24) is 0 Å². The summed E-state index contributed by atoms with van der Waals surface area (Å²) in [6, 6.07) is 13.0. The molecule has 0 fully saturated rings. The molecule has 7 nitrogen and oxygen atoms in total. The number of sulfone groups is 1. The predicted octanol–water partition coefficient (Wildman–Crippen LogP) is 4.30. The molecule has 0 unspecified atom stereocenters. The van der Waals surface area contributed by atoms with E-state index in [0.29, 0.717) is 11.4 Å². The normalized spacial score (nSPS) is 12.7. The zero-order valence-electron chi connectivity index (χ0n) is 15.3. The fourth-order valence-electron chi connectivity index (χ4n) is 2.17. The van der Waals surface area contributed by atoms with Gasteiger partial charge in [-0.3, -0.25) is 4.79 Å². The number of benzene rings is 2. The quantitative estimate of drug-likeness (QED) is 0.437. The van der Waals surface area contributed by atoms with Crippen molar-refractivity contribution in [2.24, 2.45) is 10.2 Å². The van der Waals surface area contributed by atoms with Gasteiger partial charge in [-0.05, 0) is 49.7 Å². The van der Waals surface area contributed by atoms with Gasteiger partial charge in [-0.15, -0.1) is 5.11 Å². The Balaban J connectivity index is 2.20. The van der Waals surface area contributed by atoms with E-state index in [0.717, 1.165) is 5.56 Å². The first kappa shape index (κ1) is 20.3. The second-order valence-corrected chi connectivity index (χ2v) is 8.08. The number of aryl methyl sites for hydroxylation is 1. The standard InChI is InChI=1S/C19H21N3O4S/c1-4-27(25,26)16-11-9-15(10-12-16)21-22-18(14(3)23)19(24)20-17-8-6-5-7-13(17)2/h5-12,23H,4H2,1-3H3,(H,20,24)/b18-14+,22-21?. The van der Waals surface area contributed by atoms with Crippen LogP contribution in [0.4, 0.5) is 11.4 Å². The van der Waals surface area contributed by atoms with E-state index < -0.39 is 15.7 Å². The Hall–Kier alpha value is -3.00. The first-order valence-corrected chi connectivity index (χ1v) is 9.91. The average molecular weight is 387 g/mol. The highest BCUT2D eigenvalue weighted by Gasteiger charge is 2.14. The van der Waals surface area contributed by atoms with Gasteiger partial charge in [0, 0.05) is 5.69 Å². The van der Waals surface area contributed by atoms with Crippen LogP contribution in [0.15, 0.2) is 75.1 Å². The topological polar surface area (TPSA) is 108 Å². The third-order valence-electron chi connectivity index (χ3n) is 3.79. The van der Waals surface area contributed by atoms with Gasteiger partial charge in [-0.25, -0.2) is 8.42 Å². The van der Waals surface area contributed by atoms with Crippen LogP contribution in [0.5, 0.6) is 0 Å². The molecule has 2 aromatic carbocycles. The lowest BCUT2D eigenvalue weighted by atomic mass is 10.2. The van der Waals surface area contributed by atoms with Crippen LogP contribution in [0.1, 0.15) is 19.4 Å². The van der Waals surface area contributed by atoms with Crippen LogP contribution >= 0.6 is 0 Å². The molecule has 0 bridgehead atoms. The number of aliphatic hydroxyl groups excluding tert-OH is 1. The molecule has 2 N–H and O–H groups in total. The highest BCUT2D eigenvalue weighted by atomic mass is 32.2. The number of azo groups is 1. The van der Waals surface area contributed by atoms with E-state index in [2.05, 4.69) is 15.5 Å². The molecule has 27 heavy (non-hydrogen) atoms. The van der Waals surface area contributed by atoms with Crippen molar-refractivity contribution >= 4 is 27.1 Å². The minimum Gasteiger partial charge on any atom is -0.510 e. The van der Waals surface area contributed by atoms with Gasteiger partial charge in [0.25, 0.3) is 5.91 Å². The van der Waals surface area contributed by atoms with Crippen molar-refractivity contribution < 1.29 is 18.3 Å². The Morgan fingerprint density at radius 1 is 1.11 bits per heavy atom. The van der Waals surface area contributed by atoms with Crippen molar-refractivity contribution in [2.45, 2.75) is 25.7 Å². The van der Waals surface area contributed by atoms with E-state index in [1.54, 1.807) is 19.1 Å². The van der Waals surface area contributed by atoms with E-state index >= 15 is 0 Å². The van der Waals surface area contributed by atoms with Crippen LogP contribution in [-0.4, -0.2) is 25.2 Å². The van der Waals surface area contributed by atoms with Crippen LogP contribution in [0.2, 0.25) is 0 Å². The zero-order chi connectivity index (χ0) is 20.0. The second-order valence-electron chi connectivity index (χ2n) is 5.80. The van der Waals surface area contributed by atoms with Gasteiger partial charge in [0.05, 0.1) is 16.3 Å². The first-order valence-electron chi connectivity index (χ1n) is 8.26. The summed E-state index contributed by atoms with van der Waals surface area (Å²) in [4.78, 5) is 12.6. The summed E-state index contributed by atoms with van der Waals surface area (Å²) >= 11 is 0. The molecule has 0 saturated carbocycles. The summed E-state index contributed by atoms with van der Waals surface area (Å²) in [5.41, 5.74) is 1.59. The molecule has 0 atom stereocenters. The maximum absolute atomic E-state index is 12.4. The second kappa shape index (κ2) is 8.59. The Labute approximate surface area is 158 Å². The van der Waals surface area contributed by atoms with Gasteiger partial charge in [-0.1, -0.05) is 25.1 Å². The summed E-state index contributed by atoms with van der Waals surface area (Å²) in [5, 5.41) is 20.2. The highest BCUT2D eigenvalue weighted by molar-refractivity contribution is 7.91. The molecule has 142 valence electrons. The molecule has 1 amide bonds. The number of carbonyl (C=O) groups is 1. The van der Waals surface area contributed by atoms with Crippen LogP contribution in [-0.2, 0) is 14.6 Å². The number of hydrogen-bond acceptors (Lipinski definition) is 6. The lowest BCUT2D eigenvalue weighted by Crippen LogP contribution is -2.15. The zero-order valence-corrected chi connectivity index (χ0v) is 16.1. The van der Waals surface area contributed by atoms with Gasteiger partial charge in [-0.2, -0.15) is 5.11 Å². The smallest absolute Gasteiger partial charge is 0.279 e. The number of allylic oxidation sites excluding steroid dienone is 1. The Morgan fingerprint density at radius 3 is 2.30 bits per heavy atom. The van der Waals surface area contributed by atoms with Gasteiger partial charge in [0.15, 0.2) is 15.5 Å². The van der Waals surface area contributed by atoms with Crippen LogP contribution in [0.25, 0.3) is 0 Å². The Kier molecular flexibility index (Phi) is 6.46. The molecule has 8 heteroatoms. The molecule has 2 aromatic rings. The number of hydrogen-bond donors (Lipinski definition) is 2. The van der Waals surface area contributed by atoms with E-state index in [9.17, 15) is 18.3 Å². The minimum absolute atomic E-state index is 0.00350. The third kappa shape index (κ3) is 5.24. The van der Waals surface area contributed by atoms with Gasteiger partial charge >= 0.3 is 0 Å². The van der Waals surface area contributed by atoms with E-state index in [1.165, 1.54) is 31.2 Å². The predicted molar refractivity (Wildman–Crippen MR) is 104 cm³/mol. The number of nitrogens with one attached hydrogen (secondary N) is 1. The van der Waals surface area contributed by atoms with Gasteiger partial charge in [0.1, 0.15) is 5.76 Å². The van der Waals surface area contributed by atoms with Crippen LogP contribution in [0.3, 0.4) is 0 Å². The van der Waals surface area contributed by atoms with Gasteiger partial charge in [0.2, 0.25) is 0 Å². The number of para-hydroxylation sites is 1. The Bertz CT molecular complexity index is 990. The van der Waals surface area contributed by atoms with E-state index in [-0.39, 0.29) is 22.1 Å². The van der Waals surface area contributed by atoms with E-state index in [4.69, 9.17) is 0 Å². The van der Waals surface area contributed by atoms with Crippen LogP contribution < -0.4 is 5.32 Å². The number of amides is 1. The lowest BCUT2D eigenvalue weighted by molar-refractivity contribution is -0.113. The number of carbonyl (C=O) groups excluding carboxylic acids is 1. The Morgan fingerprint density at radius 2 is 1.74 bits per heavy atom. The van der Waals surface area contributed by atoms with Crippen molar-refractivity contribution in [1.29, 1.82) is 0 Å². The number of anilines is 1. The summed E-state index contributed by atoms with van der Waals surface area (Å²) in [7, 11) is -3.30. The molecule has 0 aliphatic rings. The lowest BCUT2D eigenvalue weighted by Gasteiger charge is -2.08. The summed E-state index contributed by atoms with van der Waals surface area (Å²) in [5.74, 6) is -0.878. The molecule has 0 radical (unpaired) electrons. The van der Waals surface area contributed by atoms with Crippen molar-refractivity contribution in [2.75, 3.05) is 11.1 Å². The SMILES string of the molecule is CCS(=O)(=O)c1ccc(N=N/C(C(=O)Nc2ccccc2C)=C(\C)O)cc1. The van der Waals surface area contributed by atoms with Crippen molar-refractivity contribution in [3.8, 4) is 0 Å². The molecule has 2 rings (SSSR count). The van der Waals surface area contributed by atoms with Crippen molar-refractivity contribution in [3.63, 3.8) is 0 Å². The summed E-state index contributed by atoms with van der Waals surface area (Å²) in [6.45, 7) is 4.75. The highest BCUT2D eigenvalue weighted by Crippen LogP contribution is 2.20. The maximum Gasteiger partial charge on any atom is 0.279 e. The van der Waals surface area contributed by atoms with Gasteiger partial charge < -0.3 is 10.4 Å². The molecule has 0 aliphatic heterocycles. The number of rotatable bonds is 6. The molecular weight excluding hydrogens is 366 g/mol.